The molecule has 1 aromatic rings. The minimum atomic E-state index is -3.54. The summed E-state index contributed by atoms with van der Waals surface area (Å²) in [6, 6.07) is 4.41. The van der Waals surface area contributed by atoms with Crippen LogP contribution in [0.1, 0.15) is 18.5 Å². The molecular formula is C12H16N2O4S. The minimum absolute atomic E-state index is 0.103. The van der Waals surface area contributed by atoms with Crippen LogP contribution in [0.5, 0.6) is 0 Å². The number of hydrogen-bond donors (Lipinski definition) is 1. The number of rotatable bonds is 5. The van der Waals surface area contributed by atoms with E-state index < -0.39 is 22.0 Å². The highest BCUT2D eigenvalue weighted by atomic mass is 32.2. The number of nitrogens with zero attached hydrogens (tertiary/aromatic N) is 2. The minimum Gasteiger partial charge on any atom is -0.480 e. The number of hydrogen-bond acceptors (Lipinski definition) is 4. The van der Waals surface area contributed by atoms with Gasteiger partial charge in [0.15, 0.2) is 0 Å². The van der Waals surface area contributed by atoms with Crippen LogP contribution in [-0.4, -0.2) is 47.1 Å². The Kier molecular flexibility index (Phi) is 4.16. The molecule has 2 rings (SSSR count). The Bertz CT molecular complexity index is 544. The summed E-state index contributed by atoms with van der Waals surface area (Å²) in [5.41, 5.74) is 0.692. The second-order valence-electron chi connectivity index (χ2n) is 4.49. The standard InChI is InChI=1S/C12H16N2O4S/c15-12(16)11-5-3-8-14(11)19(17,18)9-6-10-4-1-2-7-13-10/h1-2,4,7,11H,3,5-6,8-9H2,(H,15,16)/t11-/m1/s1. The van der Waals surface area contributed by atoms with Crippen LogP contribution in [0.15, 0.2) is 24.4 Å². The molecule has 104 valence electrons. The van der Waals surface area contributed by atoms with E-state index >= 15 is 0 Å². The molecule has 1 saturated heterocycles. The Labute approximate surface area is 112 Å². The molecular weight excluding hydrogens is 268 g/mol. The van der Waals surface area contributed by atoms with Gasteiger partial charge in [0.05, 0.1) is 5.75 Å². The molecule has 1 aliphatic heterocycles. The first kappa shape index (κ1) is 14.0. The van der Waals surface area contributed by atoms with Crippen LogP contribution in [0.3, 0.4) is 0 Å². The van der Waals surface area contributed by atoms with Crippen molar-refractivity contribution in [3.05, 3.63) is 30.1 Å². The summed E-state index contributed by atoms with van der Waals surface area (Å²) in [4.78, 5) is 15.1. The van der Waals surface area contributed by atoms with Gasteiger partial charge in [-0.05, 0) is 25.0 Å². The SMILES string of the molecule is O=C(O)[C@H]1CCCN1S(=O)(=O)CCc1ccccn1. The first-order valence-electron chi connectivity index (χ1n) is 6.13. The first-order chi connectivity index (χ1) is 9.00. The van der Waals surface area contributed by atoms with E-state index in [1.54, 1.807) is 24.4 Å². The van der Waals surface area contributed by atoms with Gasteiger partial charge in [0.1, 0.15) is 6.04 Å². The molecule has 0 radical (unpaired) electrons. The molecule has 19 heavy (non-hydrogen) atoms. The largest absolute Gasteiger partial charge is 0.480 e. The summed E-state index contributed by atoms with van der Waals surface area (Å²) in [5.74, 6) is -1.17. The zero-order valence-electron chi connectivity index (χ0n) is 10.4. The molecule has 0 amide bonds. The fraction of sp³-hybridized carbons (Fsp3) is 0.500. The van der Waals surface area contributed by atoms with Gasteiger partial charge in [-0.15, -0.1) is 0 Å². The van der Waals surface area contributed by atoms with E-state index in [0.717, 1.165) is 4.31 Å². The van der Waals surface area contributed by atoms with Crippen molar-refractivity contribution in [3.8, 4) is 0 Å². The molecule has 1 N–H and O–H groups in total. The maximum absolute atomic E-state index is 12.2. The number of carboxylic acids is 1. The fourth-order valence-corrected chi connectivity index (χ4v) is 3.91. The molecule has 6 nitrogen and oxygen atoms in total. The molecule has 1 atom stereocenters. The fourth-order valence-electron chi connectivity index (χ4n) is 2.22. The zero-order valence-corrected chi connectivity index (χ0v) is 11.2. The number of aliphatic carboxylic acids is 1. The van der Waals surface area contributed by atoms with Crippen LogP contribution in [0.25, 0.3) is 0 Å². The Morgan fingerprint density at radius 2 is 2.26 bits per heavy atom. The van der Waals surface area contributed by atoms with Crippen molar-refractivity contribution in [1.82, 2.24) is 9.29 Å². The second-order valence-corrected chi connectivity index (χ2v) is 6.54. The average molecular weight is 284 g/mol. The monoisotopic (exact) mass is 284 g/mol. The van der Waals surface area contributed by atoms with Crippen LogP contribution in [0.4, 0.5) is 0 Å². The Balaban J connectivity index is 2.04. The van der Waals surface area contributed by atoms with Crippen molar-refractivity contribution in [1.29, 1.82) is 0 Å². The lowest BCUT2D eigenvalue weighted by Gasteiger charge is -2.20. The molecule has 7 heteroatoms. The molecule has 1 fully saturated rings. The summed E-state index contributed by atoms with van der Waals surface area (Å²) in [7, 11) is -3.54. The van der Waals surface area contributed by atoms with Gasteiger partial charge in [-0.25, -0.2) is 8.42 Å². The van der Waals surface area contributed by atoms with E-state index in [4.69, 9.17) is 5.11 Å². The zero-order chi connectivity index (χ0) is 13.9. The van der Waals surface area contributed by atoms with E-state index in [1.165, 1.54) is 0 Å². The normalized spacial score (nSPS) is 20.5. The molecule has 0 aromatic carbocycles. The number of aromatic nitrogens is 1. The van der Waals surface area contributed by atoms with Crippen molar-refractivity contribution in [3.63, 3.8) is 0 Å². The van der Waals surface area contributed by atoms with E-state index in [2.05, 4.69) is 4.98 Å². The van der Waals surface area contributed by atoms with Crippen molar-refractivity contribution < 1.29 is 18.3 Å². The lowest BCUT2D eigenvalue weighted by Crippen LogP contribution is -2.41. The Morgan fingerprint density at radius 3 is 2.89 bits per heavy atom. The maximum atomic E-state index is 12.2. The Morgan fingerprint density at radius 1 is 1.47 bits per heavy atom. The van der Waals surface area contributed by atoms with Crippen molar-refractivity contribution >= 4 is 16.0 Å². The highest BCUT2D eigenvalue weighted by molar-refractivity contribution is 7.89. The molecule has 0 saturated carbocycles. The van der Waals surface area contributed by atoms with Crippen LogP contribution in [0, 0.1) is 0 Å². The molecule has 0 bridgehead atoms. The van der Waals surface area contributed by atoms with Crippen LogP contribution in [0.2, 0.25) is 0 Å². The lowest BCUT2D eigenvalue weighted by molar-refractivity contribution is -0.140. The van der Waals surface area contributed by atoms with Gasteiger partial charge in [-0.2, -0.15) is 4.31 Å². The topological polar surface area (TPSA) is 87.6 Å². The number of carboxylic acid groups (broad SMARTS) is 1. The van der Waals surface area contributed by atoms with Crippen LogP contribution >= 0.6 is 0 Å². The summed E-state index contributed by atoms with van der Waals surface area (Å²) in [6.45, 7) is 0.293. The predicted octanol–water partition coefficient (Wildman–Crippen LogP) is 0.503. The van der Waals surface area contributed by atoms with Crippen LogP contribution < -0.4 is 0 Å². The quantitative estimate of drug-likeness (QED) is 0.851. The Hall–Kier alpha value is -1.47. The summed E-state index contributed by atoms with van der Waals surface area (Å²) >= 11 is 0. The molecule has 2 heterocycles. The van der Waals surface area contributed by atoms with E-state index in [-0.39, 0.29) is 5.75 Å². The van der Waals surface area contributed by atoms with Gasteiger partial charge in [-0.3, -0.25) is 9.78 Å². The summed E-state index contributed by atoms with van der Waals surface area (Å²) < 4.78 is 25.4. The van der Waals surface area contributed by atoms with E-state index in [1.807, 2.05) is 0 Å². The first-order valence-corrected chi connectivity index (χ1v) is 7.74. The van der Waals surface area contributed by atoms with Crippen molar-refractivity contribution in [2.75, 3.05) is 12.3 Å². The molecule has 1 aromatic heterocycles. The highest BCUT2D eigenvalue weighted by Crippen LogP contribution is 2.21. The number of pyridine rings is 1. The third-order valence-corrected chi connectivity index (χ3v) is 5.06. The average Bonchev–Trinajstić information content (AvgIpc) is 2.88. The second kappa shape index (κ2) is 5.66. The van der Waals surface area contributed by atoms with Gasteiger partial charge < -0.3 is 5.11 Å². The number of carbonyl (C=O) groups is 1. The van der Waals surface area contributed by atoms with Crippen LogP contribution in [-0.2, 0) is 21.2 Å². The number of aryl methyl sites for hydroxylation is 1. The lowest BCUT2D eigenvalue weighted by atomic mass is 10.2. The van der Waals surface area contributed by atoms with Gasteiger partial charge in [0.25, 0.3) is 0 Å². The summed E-state index contributed by atoms with van der Waals surface area (Å²) in [6.07, 6.45) is 2.89. The number of sulfonamides is 1. The maximum Gasteiger partial charge on any atom is 0.322 e. The van der Waals surface area contributed by atoms with Crippen molar-refractivity contribution in [2.45, 2.75) is 25.3 Å². The molecule has 0 aliphatic carbocycles. The highest BCUT2D eigenvalue weighted by Gasteiger charge is 2.38. The third-order valence-electron chi connectivity index (χ3n) is 3.19. The predicted molar refractivity (Wildman–Crippen MR) is 69.1 cm³/mol. The molecule has 0 unspecified atom stereocenters. The third kappa shape index (κ3) is 3.30. The van der Waals surface area contributed by atoms with E-state index in [0.29, 0.717) is 31.5 Å². The van der Waals surface area contributed by atoms with Crippen molar-refractivity contribution in [2.24, 2.45) is 0 Å². The molecule has 1 aliphatic rings. The smallest absolute Gasteiger partial charge is 0.322 e. The van der Waals surface area contributed by atoms with Gasteiger partial charge in [-0.1, -0.05) is 6.07 Å². The van der Waals surface area contributed by atoms with Gasteiger partial charge >= 0.3 is 5.97 Å². The summed E-state index contributed by atoms with van der Waals surface area (Å²) in [5, 5.41) is 9.01. The molecule has 0 spiro atoms. The van der Waals surface area contributed by atoms with Gasteiger partial charge in [0.2, 0.25) is 10.0 Å². The van der Waals surface area contributed by atoms with Gasteiger partial charge in [0, 0.05) is 24.9 Å². The van der Waals surface area contributed by atoms with E-state index in [9.17, 15) is 13.2 Å².